The number of nitrogens with one attached hydrogen (secondary N) is 3. The van der Waals surface area contributed by atoms with Gasteiger partial charge in [-0.3, -0.25) is 9.79 Å². The van der Waals surface area contributed by atoms with Gasteiger partial charge in [0.25, 0.3) is 0 Å². The van der Waals surface area contributed by atoms with E-state index in [-0.39, 0.29) is 73.2 Å². The van der Waals surface area contributed by atoms with E-state index in [1.165, 1.54) is 0 Å². The van der Waals surface area contributed by atoms with Crippen molar-refractivity contribution in [3.63, 3.8) is 0 Å². The fourth-order valence-electron chi connectivity index (χ4n) is 5.74. The summed E-state index contributed by atoms with van der Waals surface area (Å²) in [6, 6.07) is -1.31. The molecule has 0 unspecified atom stereocenters. The average Bonchev–Trinajstić information content (AvgIpc) is 3.54. The van der Waals surface area contributed by atoms with Crippen molar-refractivity contribution in [2.24, 2.45) is 4.99 Å². The summed E-state index contributed by atoms with van der Waals surface area (Å²) in [5.74, 6) is -1.74. The largest absolute Gasteiger partial charge is 1.00 e. The molecule has 4 fully saturated rings. The minimum absolute atomic E-state index is 0. The molecule has 4 saturated heterocycles. The van der Waals surface area contributed by atoms with Crippen LogP contribution in [0.4, 0.5) is 4.79 Å². The van der Waals surface area contributed by atoms with Crippen molar-refractivity contribution in [1.29, 1.82) is 0 Å². The second-order valence-electron chi connectivity index (χ2n) is 11.3. The number of carboxylic acids is 1. The Bertz CT molecular complexity index is 1080. The monoisotopic (exact) mass is 688 g/mol. The first-order chi connectivity index (χ1) is 21.4. The third-order valence-electron chi connectivity index (χ3n) is 8.04. The van der Waals surface area contributed by atoms with Crippen molar-refractivity contribution in [2.75, 3.05) is 25.5 Å². The maximum absolute atomic E-state index is 12.4. The first-order valence-corrected chi connectivity index (χ1v) is 15.8. The summed E-state index contributed by atoms with van der Waals surface area (Å²) in [7, 11) is 0. The summed E-state index contributed by atoms with van der Waals surface area (Å²) in [5.41, 5.74) is 0. The number of hydrogen-bond acceptors (Lipinski definition) is 15. The number of aliphatic carboxylic acids is 1. The van der Waals surface area contributed by atoms with Crippen molar-refractivity contribution >= 4 is 35.6 Å². The van der Waals surface area contributed by atoms with Crippen LogP contribution in [0.3, 0.4) is 0 Å². The van der Waals surface area contributed by atoms with Crippen molar-refractivity contribution in [1.82, 2.24) is 16.0 Å². The summed E-state index contributed by atoms with van der Waals surface area (Å²) < 4.78 is 22.1. The van der Waals surface area contributed by atoms with E-state index in [0.717, 1.165) is 25.5 Å². The molecule has 0 spiro atoms. The SMILES string of the molecule is CC([O-])=N[C@H]1[C@H](OCCNC(=O)CCCC[C@@H]2SC[C@@H]3NC(=O)N[C@@H]32)O[C@H](CO)[C@@H](O)[C@@H]1O[C@@H]1O[C@H](C(=O)O)[C@@H](O)[C@H](O)[C@H]1O.[Na+]. The van der Waals surface area contributed by atoms with Gasteiger partial charge >= 0.3 is 41.6 Å². The second-order valence-corrected chi connectivity index (χ2v) is 12.6. The number of thioether (sulfide) groups is 1. The number of aliphatic hydroxyl groups is 5. The zero-order valence-corrected chi connectivity index (χ0v) is 28.3. The molecule has 46 heavy (non-hydrogen) atoms. The quantitative estimate of drug-likeness (QED) is 0.0269. The van der Waals surface area contributed by atoms with Crippen LogP contribution in [0.15, 0.2) is 4.99 Å². The first-order valence-electron chi connectivity index (χ1n) is 14.7. The van der Waals surface area contributed by atoms with Crippen LogP contribution in [-0.2, 0) is 28.5 Å². The van der Waals surface area contributed by atoms with E-state index in [0.29, 0.717) is 11.7 Å². The number of urea groups is 1. The number of ether oxygens (including phenoxy) is 4. The number of fused-ring (bicyclic) bond motifs is 1. The van der Waals surface area contributed by atoms with Gasteiger partial charge in [-0.2, -0.15) is 11.8 Å². The van der Waals surface area contributed by atoms with Crippen molar-refractivity contribution < 1.29 is 98.6 Å². The molecule has 4 heterocycles. The van der Waals surface area contributed by atoms with E-state index in [1.54, 1.807) is 11.8 Å². The van der Waals surface area contributed by atoms with Crippen molar-refractivity contribution in [3.05, 3.63) is 0 Å². The van der Waals surface area contributed by atoms with E-state index in [9.17, 15) is 50.1 Å². The van der Waals surface area contributed by atoms with E-state index >= 15 is 0 Å². The van der Waals surface area contributed by atoms with E-state index < -0.39 is 79.8 Å². The molecule has 0 aromatic heterocycles. The van der Waals surface area contributed by atoms with Crippen LogP contribution < -0.4 is 50.6 Å². The van der Waals surface area contributed by atoms with Gasteiger partial charge in [0.2, 0.25) is 5.91 Å². The Balaban J connectivity index is 0.00000576. The van der Waals surface area contributed by atoms with Crippen LogP contribution in [0.2, 0.25) is 0 Å². The van der Waals surface area contributed by atoms with E-state index in [1.807, 2.05) is 0 Å². The Hall–Kier alpha value is -1.33. The summed E-state index contributed by atoms with van der Waals surface area (Å²) in [6.07, 6.45) is -13.2. The smallest absolute Gasteiger partial charge is 0.862 e. The van der Waals surface area contributed by atoms with Crippen LogP contribution in [0.5, 0.6) is 0 Å². The van der Waals surface area contributed by atoms with E-state index in [4.69, 9.17) is 18.9 Å². The Labute approximate surface area is 290 Å². The van der Waals surface area contributed by atoms with Gasteiger partial charge in [0.15, 0.2) is 18.7 Å². The van der Waals surface area contributed by atoms with Crippen LogP contribution in [-0.4, -0.2) is 159 Å². The van der Waals surface area contributed by atoms with Crippen LogP contribution in [0, 0.1) is 0 Å². The van der Waals surface area contributed by atoms with Crippen molar-refractivity contribution in [2.45, 2.75) is 111 Å². The summed E-state index contributed by atoms with van der Waals surface area (Å²) in [4.78, 5) is 39.2. The minimum Gasteiger partial charge on any atom is -0.862 e. The molecule has 0 aromatic rings. The van der Waals surface area contributed by atoms with Gasteiger partial charge in [0.05, 0.1) is 25.3 Å². The topological polar surface area (TPSA) is 281 Å². The maximum Gasteiger partial charge on any atom is 1.00 e. The fourth-order valence-corrected chi connectivity index (χ4v) is 7.29. The zero-order chi connectivity index (χ0) is 32.8. The number of unbranched alkanes of at least 4 members (excludes halogenated alkanes) is 1. The van der Waals surface area contributed by atoms with E-state index in [2.05, 4.69) is 20.9 Å². The van der Waals surface area contributed by atoms with Gasteiger partial charge in [0, 0.05) is 24.0 Å². The average molecular weight is 689 g/mol. The van der Waals surface area contributed by atoms with Gasteiger partial charge in [-0.05, 0) is 25.7 Å². The summed E-state index contributed by atoms with van der Waals surface area (Å²) in [6.45, 7) is 0.277. The van der Waals surface area contributed by atoms with Gasteiger partial charge < -0.3 is 70.6 Å². The molecule has 18 nitrogen and oxygen atoms in total. The van der Waals surface area contributed by atoms with Crippen LogP contribution in [0.1, 0.15) is 32.6 Å². The van der Waals surface area contributed by atoms with Crippen LogP contribution in [0.25, 0.3) is 0 Å². The standard InChI is InChI=1S/C26H42N4O14S.Na/c1-10(32)28-16-21(43-25-20(37)18(35)19(36)22(44-25)23(38)39)17(34)12(8-31)42-24(16)41-7-6-27-14(33)5-3-2-4-13-15-11(9-45-13)29-26(40)30-15;/h11-13,15-22,24-25,31,34-37H,2-9H2,1H3,(H,27,33)(H,28,32)(H,38,39)(H2,29,30,40);/q;+1/p-1/t11-,12+,13-,15-,16+,17+,18-,19-,20+,21+,22-,24+,25+;/m0./s1. The molecular weight excluding hydrogens is 647 g/mol. The number of carbonyl (C=O) groups is 3. The number of rotatable bonds is 14. The molecule has 0 bridgehead atoms. The number of carboxylic acid groups (broad SMARTS) is 1. The second kappa shape index (κ2) is 17.9. The molecule has 0 aliphatic carbocycles. The molecule has 4 rings (SSSR count). The minimum atomic E-state index is -1.99. The number of nitrogens with zero attached hydrogens (tertiary/aromatic N) is 1. The molecular formula is C26H41N4NaO14S. The van der Waals surface area contributed by atoms with Gasteiger partial charge in [0.1, 0.15) is 42.7 Å². The molecule has 256 valence electrons. The normalized spacial score (nSPS) is 39.1. The summed E-state index contributed by atoms with van der Waals surface area (Å²) in [5, 5.41) is 81.2. The van der Waals surface area contributed by atoms with Crippen LogP contribution >= 0.6 is 11.8 Å². The predicted molar refractivity (Wildman–Crippen MR) is 151 cm³/mol. The number of aliphatic imine (C=N–C) groups is 1. The Morgan fingerprint density at radius 1 is 1.09 bits per heavy atom. The molecule has 0 radical (unpaired) electrons. The zero-order valence-electron chi connectivity index (χ0n) is 25.5. The van der Waals surface area contributed by atoms with Crippen molar-refractivity contribution in [3.8, 4) is 0 Å². The Kier molecular flexibility index (Phi) is 15.2. The third kappa shape index (κ3) is 9.64. The number of carbonyl (C=O) groups excluding carboxylic acids is 2. The van der Waals surface area contributed by atoms with Gasteiger partial charge in [-0.25, -0.2) is 9.59 Å². The molecule has 4 aliphatic heterocycles. The summed E-state index contributed by atoms with van der Waals surface area (Å²) >= 11 is 1.80. The Morgan fingerprint density at radius 3 is 2.50 bits per heavy atom. The van der Waals surface area contributed by atoms with Gasteiger partial charge in [-0.1, -0.05) is 6.42 Å². The first kappa shape index (κ1) is 39.1. The molecule has 13 atom stereocenters. The maximum atomic E-state index is 12.4. The molecule has 3 amide bonds. The number of amides is 3. The molecule has 0 saturated carbocycles. The number of aliphatic hydroxyl groups excluding tert-OH is 5. The molecule has 0 aromatic carbocycles. The molecule has 9 N–H and O–H groups in total. The fraction of sp³-hybridized carbons (Fsp3) is 0.846. The van der Waals surface area contributed by atoms with Gasteiger partial charge in [-0.15, -0.1) is 0 Å². The third-order valence-corrected chi connectivity index (χ3v) is 9.55. The molecule has 4 aliphatic rings. The number of hydrogen-bond donors (Lipinski definition) is 9. The Morgan fingerprint density at radius 2 is 1.83 bits per heavy atom. The molecule has 20 heteroatoms. The predicted octanol–water partition coefficient (Wildman–Crippen LogP) is -7.65.